The van der Waals surface area contributed by atoms with Gasteiger partial charge in [-0.15, -0.1) is 0 Å². The molecule has 0 aromatic carbocycles. The number of halogens is 3. The Morgan fingerprint density at radius 1 is 1.26 bits per heavy atom. The summed E-state index contributed by atoms with van der Waals surface area (Å²) in [5.74, 6) is 0. The molecule has 2 atom stereocenters. The first-order valence-electron chi connectivity index (χ1n) is 6.52. The Kier molecular flexibility index (Phi) is 5.01. The van der Waals surface area contributed by atoms with Gasteiger partial charge in [0.1, 0.15) is 0 Å². The third-order valence-electron chi connectivity index (χ3n) is 3.24. The maximum atomic E-state index is 12.3. The highest BCUT2D eigenvalue weighted by Gasteiger charge is 2.31. The molecule has 0 spiro atoms. The highest BCUT2D eigenvalue weighted by atomic mass is 19.4. The van der Waals surface area contributed by atoms with E-state index in [0.29, 0.717) is 0 Å². The topological polar surface area (TPSA) is 29.9 Å². The maximum absolute atomic E-state index is 12.3. The van der Waals surface area contributed by atoms with Crippen LogP contribution >= 0.6 is 0 Å². The van der Waals surface area contributed by atoms with Crippen molar-refractivity contribution in [2.24, 2.45) is 0 Å². The van der Waals surface area contributed by atoms with Crippen LogP contribution in [0.1, 0.15) is 50.2 Å². The molecule has 1 heterocycles. The molecule has 2 unspecified atom stereocenters. The van der Waals surface area contributed by atoms with Crippen LogP contribution in [0.3, 0.4) is 0 Å². The van der Waals surface area contributed by atoms with Gasteiger partial charge in [-0.1, -0.05) is 0 Å². The third kappa shape index (κ3) is 4.23. The summed E-state index contributed by atoms with van der Waals surface area (Å²) >= 11 is 0. The smallest absolute Gasteiger partial charge is 0.307 e. The van der Waals surface area contributed by atoms with Gasteiger partial charge in [0.05, 0.1) is 12.1 Å². The van der Waals surface area contributed by atoms with Crippen LogP contribution in [-0.4, -0.2) is 22.0 Å². The molecule has 0 aliphatic rings. The minimum Gasteiger partial charge on any atom is -0.307 e. The van der Waals surface area contributed by atoms with Crippen LogP contribution in [0.4, 0.5) is 13.2 Å². The molecule has 1 aromatic heterocycles. The summed E-state index contributed by atoms with van der Waals surface area (Å²) in [5, 5.41) is 7.38. The van der Waals surface area contributed by atoms with Gasteiger partial charge in [-0.05, 0) is 34.6 Å². The summed E-state index contributed by atoms with van der Waals surface area (Å²) in [6.07, 6.45) is -4.96. The van der Waals surface area contributed by atoms with E-state index in [1.165, 1.54) is 0 Å². The van der Waals surface area contributed by atoms with Gasteiger partial charge in [-0.3, -0.25) is 4.68 Å². The number of rotatable bonds is 5. The lowest BCUT2D eigenvalue weighted by atomic mass is 10.0. The second-order valence-electron chi connectivity index (χ2n) is 5.01. The molecule has 0 aliphatic heterocycles. The van der Waals surface area contributed by atoms with Gasteiger partial charge >= 0.3 is 6.18 Å². The third-order valence-corrected chi connectivity index (χ3v) is 3.24. The van der Waals surface area contributed by atoms with E-state index in [-0.39, 0.29) is 6.04 Å². The van der Waals surface area contributed by atoms with E-state index in [1.807, 2.05) is 32.4 Å². The number of aryl methyl sites for hydroxylation is 2. The standard InChI is InChI=1S/C13H22F3N3/c1-6-19-11(5)12(10(4)18-19)9(3)17-8(2)7-13(14,15)16/h8-9,17H,6-7H2,1-5H3. The molecular formula is C13H22F3N3. The molecule has 3 nitrogen and oxygen atoms in total. The van der Waals surface area contributed by atoms with E-state index in [2.05, 4.69) is 10.4 Å². The minimum atomic E-state index is -4.14. The first-order valence-corrected chi connectivity index (χ1v) is 6.52. The fourth-order valence-corrected chi connectivity index (χ4v) is 2.56. The summed E-state index contributed by atoms with van der Waals surface area (Å²) < 4.78 is 38.8. The Balaban J connectivity index is 2.78. The highest BCUT2D eigenvalue weighted by molar-refractivity contribution is 5.27. The summed E-state index contributed by atoms with van der Waals surface area (Å²) in [5.41, 5.74) is 2.88. The molecule has 0 aliphatic carbocycles. The number of nitrogens with zero attached hydrogens (tertiary/aromatic N) is 2. The van der Waals surface area contributed by atoms with E-state index >= 15 is 0 Å². The fraction of sp³-hybridized carbons (Fsp3) is 0.769. The van der Waals surface area contributed by atoms with Crippen molar-refractivity contribution < 1.29 is 13.2 Å². The predicted molar refractivity (Wildman–Crippen MR) is 69.1 cm³/mol. The van der Waals surface area contributed by atoms with Crippen molar-refractivity contribution in [3.8, 4) is 0 Å². The molecule has 1 rings (SSSR count). The Hall–Kier alpha value is -1.04. The van der Waals surface area contributed by atoms with Gasteiger partial charge in [-0.25, -0.2) is 0 Å². The average molecular weight is 277 g/mol. The van der Waals surface area contributed by atoms with Gasteiger partial charge in [0, 0.05) is 29.9 Å². The number of hydrogen-bond donors (Lipinski definition) is 1. The molecule has 0 fully saturated rings. The lowest BCUT2D eigenvalue weighted by Gasteiger charge is -2.21. The minimum absolute atomic E-state index is 0.141. The van der Waals surface area contributed by atoms with Gasteiger partial charge in [-0.2, -0.15) is 18.3 Å². The van der Waals surface area contributed by atoms with E-state index in [4.69, 9.17) is 0 Å². The van der Waals surface area contributed by atoms with Gasteiger partial charge in [0.15, 0.2) is 0 Å². The van der Waals surface area contributed by atoms with E-state index in [0.717, 1.165) is 23.5 Å². The zero-order valence-corrected chi connectivity index (χ0v) is 12.1. The Labute approximate surface area is 112 Å². The van der Waals surface area contributed by atoms with Crippen LogP contribution in [0.2, 0.25) is 0 Å². The SMILES string of the molecule is CCn1nc(C)c(C(C)NC(C)CC(F)(F)F)c1C. The quantitative estimate of drug-likeness (QED) is 0.892. The summed E-state index contributed by atoms with van der Waals surface area (Å²) in [4.78, 5) is 0. The normalized spacial score (nSPS) is 15.6. The lowest BCUT2D eigenvalue weighted by molar-refractivity contribution is -0.139. The van der Waals surface area contributed by atoms with Crippen LogP contribution in [-0.2, 0) is 6.54 Å². The molecule has 110 valence electrons. The lowest BCUT2D eigenvalue weighted by Crippen LogP contribution is -2.33. The Morgan fingerprint density at radius 3 is 2.26 bits per heavy atom. The van der Waals surface area contributed by atoms with Crippen LogP contribution < -0.4 is 5.32 Å². The molecule has 0 bridgehead atoms. The van der Waals surface area contributed by atoms with Crippen molar-refractivity contribution in [1.82, 2.24) is 15.1 Å². The second kappa shape index (κ2) is 5.94. The highest BCUT2D eigenvalue weighted by Crippen LogP contribution is 2.25. The zero-order valence-electron chi connectivity index (χ0n) is 12.1. The van der Waals surface area contributed by atoms with Gasteiger partial charge < -0.3 is 5.32 Å². The van der Waals surface area contributed by atoms with Crippen LogP contribution in [0, 0.1) is 13.8 Å². The van der Waals surface area contributed by atoms with Crippen molar-refractivity contribution in [3.63, 3.8) is 0 Å². The summed E-state index contributed by atoms with van der Waals surface area (Å²) in [7, 11) is 0. The molecule has 1 aromatic rings. The maximum Gasteiger partial charge on any atom is 0.390 e. The molecule has 6 heteroatoms. The molecular weight excluding hydrogens is 255 g/mol. The van der Waals surface area contributed by atoms with E-state index in [1.54, 1.807) is 6.92 Å². The van der Waals surface area contributed by atoms with Crippen molar-refractivity contribution in [2.75, 3.05) is 0 Å². The molecule has 0 saturated carbocycles. The number of hydrogen-bond acceptors (Lipinski definition) is 2. The number of aromatic nitrogens is 2. The fourth-order valence-electron chi connectivity index (χ4n) is 2.56. The second-order valence-corrected chi connectivity index (χ2v) is 5.01. The van der Waals surface area contributed by atoms with Gasteiger partial charge in [0.25, 0.3) is 0 Å². The number of alkyl halides is 3. The summed E-state index contributed by atoms with van der Waals surface area (Å²) in [6.45, 7) is 10.0. The van der Waals surface area contributed by atoms with E-state index < -0.39 is 18.6 Å². The molecule has 0 saturated heterocycles. The van der Waals surface area contributed by atoms with Crippen molar-refractivity contribution in [1.29, 1.82) is 0 Å². The molecule has 1 N–H and O–H groups in total. The van der Waals surface area contributed by atoms with Crippen molar-refractivity contribution in [3.05, 3.63) is 17.0 Å². The van der Waals surface area contributed by atoms with Crippen molar-refractivity contribution in [2.45, 2.75) is 65.8 Å². The largest absolute Gasteiger partial charge is 0.390 e. The molecule has 19 heavy (non-hydrogen) atoms. The Bertz CT molecular complexity index is 424. The monoisotopic (exact) mass is 277 g/mol. The predicted octanol–water partition coefficient (Wildman–Crippen LogP) is 3.51. The summed E-state index contributed by atoms with van der Waals surface area (Å²) in [6, 6.07) is -0.753. The van der Waals surface area contributed by atoms with Crippen LogP contribution in [0.15, 0.2) is 0 Å². The number of nitrogens with one attached hydrogen (secondary N) is 1. The molecule has 0 radical (unpaired) electrons. The molecule has 0 amide bonds. The Morgan fingerprint density at radius 2 is 1.84 bits per heavy atom. The first kappa shape index (κ1) is 16.0. The van der Waals surface area contributed by atoms with Gasteiger partial charge in [0.2, 0.25) is 0 Å². The average Bonchev–Trinajstić information content (AvgIpc) is 2.50. The van der Waals surface area contributed by atoms with Crippen LogP contribution in [0.25, 0.3) is 0 Å². The van der Waals surface area contributed by atoms with Crippen molar-refractivity contribution >= 4 is 0 Å². The van der Waals surface area contributed by atoms with Crippen LogP contribution in [0.5, 0.6) is 0 Å². The zero-order chi connectivity index (χ0) is 14.8. The van der Waals surface area contributed by atoms with E-state index in [9.17, 15) is 13.2 Å². The first-order chi connectivity index (χ1) is 8.65.